The summed E-state index contributed by atoms with van der Waals surface area (Å²) < 4.78 is 36.4. The zero-order valence-corrected chi connectivity index (χ0v) is 15.2. The van der Waals surface area contributed by atoms with Crippen molar-refractivity contribution in [3.05, 3.63) is 54.1 Å². The van der Waals surface area contributed by atoms with Crippen molar-refractivity contribution in [2.75, 3.05) is 23.4 Å². The van der Waals surface area contributed by atoms with Gasteiger partial charge >= 0.3 is 0 Å². The van der Waals surface area contributed by atoms with E-state index in [1.54, 1.807) is 29.3 Å². The van der Waals surface area contributed by atoms with E-state index in [1.165, 1.54) is 18.3 Å². The molecule has 138 valence electrons. The van der Waals surface area contributed by atoms with Gasteiger partial charge in [-0.2, -0.15) is 0 Å². The second kappa shape index (κ2) is 7.41. The molecule has 1 unspecified atom stereocenters. The molecule has 2 heterocycles. The molecule has 1 amide bonds. The third kappa shape index (κ3) is 4.19. The van der Waals surface area contributed by atoms with Gasteiger partial charge in [0, 0.05) is 24.5 Å². The predicted molar refractivity (Wildman–Crippen MR) is 97.7 cm³/mol. The molecule has 1 saturated heterocycles. The highest BCUT2D eigenvalue weighted by Gasteiger charge is 2.34. The Morgan fingerprint density at radius 1 is 1.27 bits per heavy atom. The Bertz CT molecular complexity index is 900. The van der Waals surface area contributed by atoms with Gasteiger partial charge in [0.15, 0.2) is 9.84 Å². The van der Waals surface area contributed by atoms with E-state index in [0.717, 1.165) is 0 Å². The summed E-state index contributed by atoms with van der Waals surface area (Å²) in [6.07, 6.45) is 3.49. The highest BCUT2D eigenvalue weighted by molar-refractivity contribution is 7.91. The Morgan fingerprint density at radius 2 is 2.00 bits per heavy atom. The largest absolute Gasteiger partial charge is 0.354 e. The van der Waals surface area contributed by atoms with Crippen LogP contribution in [0.5, 0.6) is 0 Å². The van der Waals surface area contributed by atoms with Crippen molar-refractivity contribution >= 4 is 27.1 Å². The first-order chi connectivity index (χ1) is 12.4. The molecule has 1 aromatic heterocycles. The number of rotatable bonds is 5. The zero-order chi connectivity index (χ0) is 18.7. The van der Waals surface area contributed by atoms with E-state index >= 15 is 0 Å². The van der Waals surface area contributed by atoms with Crippen LogP contribution >= 0.6 is 0 Å². The van der Waals surface area contributed by atoms with Gasteiger partial charge in [-0.05, 0) is 43.7 Å². The van der Waals surface area contributed by atoms with E-state index in [0.29, 0.717) is 29.9 Å². The number of aromatic nitrogens is 1. The topological polar surface area (TPSA) is 79.4 Å². The molecule has 2 aromatic rings. The Kier molecular flexibility index (Phi) is 5.22. The van der Waals surface area contributed by atoms with Crippen molar-refractivity contribution in [1.82, 2.24) is 9.88 Å². The Hall–Kier alpha value is -2.48. The van der Waals surface area contributed by atoms with Crippen LogP contribution in [0.3, 0.4) is 0 Å². The van der Waals surface area contributed by atoms with Gasteiger partial charge < -0.3 is 10.2 Å². The average molecular weight is 377 g/mol. The van der Waals surface area contributed by atoms with Crippen LogP contribution in [0.1, 0.15) is 23.7 Å². The van der Waals surface area contributed by atoms with Crippen LogP contribution in [-0.2, 0) is 9.84 Å². The van der Waals surface area contributed by atoms with E-state index in [4.69, 9.17) is 0 Å². The number of anilines is 2. The Labute approximate surface area is 152 Å². The van der Waals surface area contributed by atoms with Crippen molar-refractivity contribution in [1.29, 1.82) is 0 Å². The second-order valence-corrected chi connectivity index (χ2v) is 8.47. The van der Waals surface area contributed by atoms with Gasteiger partial charge in [0.25, 0.3) is 5.91 Å². The van der Waals surface area contributed by atoms with Crippen LogP contribution in [0.15, 0.2) is 42.7 Å². The summed E-state index contributed by atoms with van der Waals surface area (Å²) in [6.45, 7) is 2.26. The van der Waals surface area contributed by atoms with Crippen molar-refractivity contribution < 1.29 is 17.6 Å². The lowest BCUT2D eigenvalue weighted by molar-refractivity contribution is 0.0708. The number of sulfone groups is 1. The number of hydrogen-bond acceptors (Lipinski definition) is 5. The molecule has 0 spiro atoms. The quantitative estimate of drug-likeness (QED) is 0.866. The molecule has 1 N–H and O–H groups in total. The van der Waals surface area contributed by atoms with Gasteiger partial charge in [-0.25, -0.2) is 12.8 Å². The third-order valence-electron chi connectivity index (χ3n) is 4.37. The standard InChI is InChI=1S/C18H20FN3O3S/c1-2-22(17-7-8-26(24,25)12-17)18(23)13-9-16(11-20-10-13)21-15-5-3-14(19)4-6-15/h3-6,9-11,17,21H,2,7-8,12H2,1H3. The first-order valence-electron chi connectivity index (χ1n) is 8.37. The maximum Gasteiger partial charge on any atom is 0.255 e. The summed E-state index contributed by atoms with van der Waals surface area (Å²) >= 11 is 0. The number of carbonyl (C=O) groups excluding carboxylic acids is 1. The number of halogens is 1. The summed E-state index contributed by atoms with van der Waals surface area (Å²) in [6, 6.07) is 7.21. The Morgan fingerprint density at radius 3 is 2.62 bits per heavy atom. The molecule has 0 saturated carbocycles. The predicted octanol–water partition coefficient (Wildman–Crippen LogP) is 2.61. The summed E-state index contributed by atoms with van der Waals surface area (Å²) in [5.74, 6) is -0.452. The van der Waals surface area contributed by atoms with Gasteiger partial charge in [0.1, 0.15) is 5.82 Å². The van der Waals surface area contributed by atoms with Crippen LogP contribution in [0.4, 0.5) is 15.8 Å². The smallest absolute Gasteiger partial charge is 0.255 e. The highest BCUT2D eigenvalue weighted by atomic mass is 32.2. The molecule has 3 rings (SSSR count). The average Bonchev–Trinajstić information content (AvgIpc) is 2.97. The van der Waals surface area contributed by atoms with E-state index in [-0.39, 0.29) is 29.3 Å². The molecule has 1 fully saturated rings. The Balaban J connectivity index is 1.77. The highest BCUT2D eigenvalue weighted by Crippen LogP contribution is 2.22. The molecule has 1 aliphatic rings. The molecule has 1 atom stereocenters. The lowest BCUT2D eigenvalue weighted by atomic mass is 10.1. The number of benzene rings is 1. The van der Waals surface area contributed by atoms with E-state index < -0.39 is 9.84 Å². The van der Waals surface area contributed by atoms with Gasteiger partial charge in [-0.3, -0.25) is 9.78 Å². The number of nitrogens with one attached hydrogen (secondary N) is 1. The summed E-state index contributed by atoms with van der Waals surface area (Å²) in [5.41, 5.74) is 1.65. The van der Waals surface area contributed by atoms with Crippen molar-refractivity contribution in [2.45, 2.75) is 19.4 Å². The molecule has 8 heteroatoms. The van der Waals surface area contributed by atoms with E-state index in [1.807, 2.05) is 6.92 Å². The molecule has 26 heavy (non-hydrogen) atoms. The van der Waals surface area contributed by atoms with Gasteiger partial charge in [0.2, 0.25) is 0 Å². The van der Waals surface area contributed by atoms with Crippen LogP contribution < -0.4 is 5.32 Å². The fourth-order valence-corrected chi connectivity index (χ4v) is 4.81. The fraction of sp³-hybridized carbons (Fsp3) is 0.333. The maximum absolute atomic E-state index is 13.0. The minimum atomic E-state index is -3.07. The van der Waals surface area contributed by atoms with Crippen LogP contribution in [0.2, 0.25) is 0 Å². The minimum absolute atomic E-state index is 0.00747. The molecule has 1 aromatic carbocycles. The van der Waals surface area contributed by atoms with Crippen LogP contribution in [0.25, 0.3) is 0 Å². The fourth-order valence-electron chi connectivity index (χ4n) is 3.08. The number of carbonyl (C=O) groups is 1. The number of hydrogen-bond donors (Lipinski definition) is 1. The monoisotopic (exact) mass is 377 g/mol. The maximum atomic E-state index is 13.0. The van der Waals surface area contributed by atoms with Gasteiger partial charge in [-0.1, -0.05) is 0 Å². The molecule has 6 nitrogen and oxygen atoms in total. The van der Waals surface area contributed by atoms with E-state index in [9.17, 15) is 17.6 Å². The van der Waals surface area contributed by atoms with E-state index in [2.05, 4.69) is 10.3 Å². The lowest BCUT2D eigenvalue weighted by Crippen LogP contribution is -2.41. The van der Waals surface area contributed by atoms with Gasteiger partial charge in [0.05, 0.1) is 29.0 Å². The summed E-state index contributed by atoms with van der Waals surface area (Å²) in [4.78, 5) is 18.5. The normalized spacial score (nSPS) is 18.5. The third-order valence-corrected chi connectivity index (χ3v) is 6.12. The zero-order valence-electron chi connectivity index (χ0n) is 14.4. The van der Waals surface area contributed by atoms with Crippen molar-refractivity contribution in [2.24, 2.45) is 0 Å². The van der Waals surface area contributed by atoms with Crippen molar-refractivity contribution in [3.63, 3.8) is 0 Å². The molecular formula is C18H20FN3O3S. The number of amides is 1. The second-order valence-electron chi connectivity index (χ2n) is 6.24. The number of pyridine rings is 1. The summed E-state index contributed by atoms with van der Waals surface area (Å²) in [5, 5.41) is 3.07. The number of nitrogens with zero attached hydrogens (tertiary/aromatic N) is 2. The van der Waals surface area contributed by atoms with Gasteiger partial charge in [-0.15, -0.1) is 0 Å². The molecule has 1 aliphatic heterocycles. The minimum Gasteiger partial charge on any atom is -0.354 e. The molecule has 0 bridgehead atoms. The summed E-state index contributed by atoms with van der Waals surface area (Å²) in [7, 11) is -3.07. The first-order valence-corrected chi connectivity index (χ1v) is 10.2. The SMILES string of the molecule is CCN(C(=O)c1cncc(Nc2ccc(F)cc2)c1)C1CCS(=O)(=O)C1. The van der Waals surface area contributed by atoms with Crippen LogP contribution in [-0.4, -0.2) is 48.3 Å². The van der Waals surface area contributed by atoms with Crippen molar-refractivity contribution in [3.8, 4) is 0 Å². The lowest BCUT2D eigenvalue weighted by Gasteiger charge is -2.27. The molecular weight excluding hydrogens is 357 g/mol. The van der Waals surface area contributed by atoms with Crippen LogP contribution in [0, 0.1) is 5.82 Å². The molecule has 0 radical (unpaired) electrons. The first kappa shape index (κ1) is 18.3. The molecule has 0 aliphatic carbocycles.